The lowest BCUT2D eigenvalue weighted by atomic mass is 10.2. The minimum Gasteiger partial charge on any atom is -0.481 e. The molecule has 0 bridgehead atoms. The van der Waals surface area contributed by atoms with Crippen molar-refractivity contribution in [2.45, 2.75) is 20.3 Å². The molecule has 2 amide bonds. The van der Waals surface area contributed by atoms with Crippen LogP contribution in [-0.4, -0.2) is 22.8 Å². The molecule has 0 fully saturated rings. The summed E-state index contributed by atoms with van der Waals surface area (Å²) in [7, 11) is 0. The summed E-state index contributed by atoms with van der Waals surface area (Å²) in [5.74, 6) is 7.00. The number of aromatic amines is 1. The van der Waals surface area contributed by atoms with E-state index in [2.05, 4.69) is 32.7 Å². The maximum atomic E-state index is 12.2. The molecule has 0 spiro atoms. The summed E-state index contributed by atoms with van der Waals surface area (Å²) in [6.45, 7) is 4.31. The monoisotopic (exact) mass is 348 g/mol. The van der Waals surface area contributed by atoms with Crippen LogP contribution in [0.3, 0.4) is 0 Å². The Morgan fingerprint density at radius 1 is 1.15 bits per heavy atom. The maximum Gasteiger partial charge on any atom is 0.324 e. The van der Waals surface area contributed by atoms with E-state index in [4.69, 9.17) is 4.74 Å². The number of H-pyrrole nitrogens is 1. The molecular weight excluding hydrogens is 328 g/mol. The Balaban J connectivity index is 1.70. The highest BCUT2D eigenvalue weighted by Crippen LogP contribution is 2.25. The van der Waals surface area contributed by atoms with Gasteiger partial charge < -0.3 is 10.1 Å². The summed E-state index contributed by atoms with van der Waals surface area (Å²) in [5, 5.41) is 13.4. The number of anilines is 2. The number of carbonyl (C=O) groups excluding carboxylic acids is 1. The zero-order valence-electron chi connectivity index (χ0n) is 14.7. The molecule has 132 valence electrons. The van der Waals surface area contributed by atoms with Gasteiger partial charge in [-0.15, -0.1) is 5.92 Å². The van der Waals surface area contributed by atoms with E-state index < -0.39 is 0 Å². The molecule has 0 aliphatic carbocycles. The van der Waals surface area contributed by atoms with Gasteiger partial charge in [0.1, 0.15) is 12.4 Å². The molecule has 3 rings (SSSR count). The molecule has 0 aliphatic heterocycles. The molecule has 3 N–H and O–H groups in total. The number of rotatable bonds is 4. The minimum atomic E-state index is -0.359. The van der Waals surface area contributed by atoms with Gasteiger partial charge in [0.05, 0.1) is 5.52 Å². The smallest absolute Gasteiger partial charge is 0.324 e. The third-order valence-corrected chi connectivity index (χ3v) is 3.69. The fourth-order valence-electron chi connectivity index (χ4n) is 2.38. The molecule has 2 aromatic carbocycles. The molecule has 6 nitrogen and oxygen atoms in total. The van der Waals surface area contributed by atoms with Crippen molar-refractivity contribution in [1.82, 2.24) is 10.2 Å². The van der Waals surface area contributed by atoms with Gasteiger partial charge in [0, 0.05) is 17.5 Å². The molecule has 6 heteroatoms. The van der Waals surface area contributed by atoms with Gasteiger partial charge in [-0.1, -0.05) is 30.5 Å². The minimum absolute atomic E-state index is 0.327. The lowest BCUT2D eigenvalue weighted by molar-refractivity contribution is 0.262. The Bertz CT molecular complexity index is 965. The number of nitrogens with zero attached hydrogens (tertiary/aromatic N) is 1. The normalized spacial score (nSPS) is 10.1. The van der Waals surface area contributed by atoms with E-state index in [0.717, 1.165) is 22.9 Å². The van der Waals surface area contributed by atoms with Gasteiger partial charge in [-0.3, -0.25) is 10.4 Å². The zero-order valence-corrected chi connectivity index (χ0v) is 14.7. The first-order chi connectivity index (χ1) is 12.7. The number of benzene rings is 2. The van der Waals surface area contributed by atoms with Gasteiger partial charge in [0.2, 0.25) is 0 Å². The molecule has 0 unspecified atom stereocenters. The zero-order chi connectivity index (χ0) is 18.4. The van der Waals surface area contributed by atoms with E-state index in [1.54, 1.807) is 0 Å². The molecule has 0 atom stereocenters. The maximum absolute atomic E-state index is 12.2. The van der Waals surface area contributed by atoms with Gasteiger partial charge in [0.25, 0.3) is 0 Å². The first-order valence-corrected chi connectivity index (χ1v) is 8.37. The topological polar surface area (TPSA) is 79.0 Å². The molecular formula is C20H20N4O2. The fraction of sp³-hybridized carbons (Fsp3) is 0.200. The van der Waals surface area contributed by atoms with E-state index in [1.807, 2.05) is 56.3 Å². The molecule has 1 heterocycles. The molecule has 1 aromatic heterocycles. The fourth-order valence-corrected chi connectivity index (χ4v) is 2.38. The van der Waals surface area contributed by atoms with Crippen LogP contribution >= 0.6 is 0 Å². The van der Waals surface area contributed by atoms with E-state index in [1.165, 1.54) is 0 Å². The van der Waals surface area contributed by atoms with Crippen LogP contribution in [0.25, 0.3) is 10.9 Å². The second-order valence-electron chi connectivity index (χ2n) is 5.72. The number of urea groups is 1. The van der Waals surface area contributed by atoms with Gasteiger partial charge in [-0.2, -0.15) is 5.10 Å². The predicted molar refractivity (Wildman–Crippen MR) is 103 cm³/mol. The predicted octanol–water partition coefficient (Wildman–Crippen LogP) is 4.31. The van der Waals surface area contributed by atoms with Crippen molar-refractivity contribution in [3.8, 4) is 17.6 Å². The SMILES string of the molecule is CCC#CCOc1ccc2[nH]nc(NC(=O)Nc3ccc(C)cc3)c2c1. The largest absolute Gasteiger partial charge is 0.481 e. The number of hydrogen-bond acceptors (Lipinski definition) is 3. The van der Waals surface area contributed by atoms with Gasteiger partial charge in [0.15, 0.2) is 5.82 Å². The quantitative estimate of drug-likeness (QED) is 0.615. The number of aromatic nitrogens is 2. The highest BCUT2D eigenvalue weighted by atomic mass is 16.5. The molecule has 0 saturated carbocycles. The van der Waals surface area contributed by atoms with Crippen LogP contribution in [0.5, 0.6) is 5.75 Å². The third kappa shape index (κ3) is 4.33. The summed E-state index contributed by atoms with van der Waals surface area (Å²) < 4.78 is 5.61. The summed E-state index contributed by atoms with van der Waals surface area (Å²) in [6.07, 6.45) is 0.800. The molecule has 0 saturated heterocycles. The number of hydrogen-bond donors (Lipinski definition) is 3. The average Bonchev–Trinajstić information content (AvgIpc) is 3.03. The van der Waals surface area contributed by atoms with Crippen LogP contribution in [0.15, 0.2) is 42.5 Å². The van der Waals surface area contributed by atoms with Crippen molar-refractivity contribution < 1.29 is 9.53 Å². The third-order valence-electron chi connectivity index (χ3n) is 3.69. The second-order valence-corrected chi connectivity index (χ2v) is 5.72. The van der Waals surface area contributed by atoms with Crippen LogP contribution in [0.4, 0.5) is 16.3 Å². The van der Waals surface area contributed by atoms with E-state index in [0.29, 0.717) is 23.9 Å². The molecule has 0 radical (unpaired) electrons. The molecule has 3 aromatic rings. The second kappa shape index (κ2) is 8.08. The van der Waals surface area contributed by atoms with E-state index in [-0.39, 0.29) is 6.03 Å². The van der Waals surface area contributed by atoms with Crippen molar-refractivity contribution in [1.29, 1.82) is 0 Å². The highest BCUT2D eigenvalue weighted by Gasteiger charge is 2.10. The van der Waals surface area contributed by atoms with Crippen LogP contribution in [-0.2, 0) is 0 Å². The highest BCUT2D eigenvalue weighted by molar-refractivity contribution is 6.04. The van der Waals surface area contributed by atoms with Crippen LogP contribution in [0.1, 0.15) is 18.9 Å². The van der Waals surface area contributed by atoms with Crippen LogP contribution in [0, 0.1) is 18.8 Å². The number of fused-ring (bicyclic) bond motifs is 1. The van der Waals surface area contributed by atoms with Crippen molar-refractivity contribution in [2.24, 2.45) is 0 Å². The Kier molecular flexibility index (Phi) is 5.40. The van der Waals surface area contributed by atoms with Crippen molar-refractivity contribution in [3.05, 3.63) is 48.0 Å². The number of nitrogens with one attached hydrogen (secondary N) is 3. The van der Waals surface area contributed by atoms with E-state index >= 15 is 0 Å². The average molecular weight is 348 g/mol. The summed E-state index contributed by atoms with van der Waals surface area (Å²) >= 11 is 0. The van der Waals surface area contributed by atoms with Gasteiger partial charge in [-0.05, 0) is 37.3 Å². The Hall–Kier alpha value is -3.46. The summed E-state index contributed by atoms with van der Waals surface area (Å²) in [4.78, 5) is 12.2. The summed E-state index contributed by atoms with van der Waals surface area (Å²) in [6, 6.07) is 12.7. The first kappa shape index (κ1) is 17.4. The van der Waals surface area contributed by atoms with Crippen molar-refractivity contribution >= 4 is 28.4 Å². The summed E-state index contributed by atoms with van der Waals surface area (Å²) in [5.41, 5.74) is 2.65. The van der Waals surface area contributed by atoms with Gasteiger partial charge >= 0.3 is 6.03 Å². The number of aryl methyl sites for hydroxylation is 1. The molecule has 26 heavy (non-hydrogen) atoms. The molecule has 0 aliphatic rings. The standard InChI is InChI=1S/C20H20N4O2/c1-3-4-5-12-26-16-10-11-18-17(13-16)19(24-23-18)22-20(25)21-15-8-6-14(2)7-9-15/h6-11,13H,3,12H2,1-2H3,(H3,21,22,23,24,25). The van der Waals surface area contributed by atoms with Crippen LogP contribution in [0.2, 0.25) is 0 Å². The van der Waals surface area contributed by atoms with Crippen molar-refractivity contribution in [3.63, 3.8) is 0 Å². The number of amides is 2. The first-order valence-electron chi connectivity index (χ1n) is 8.37. The Morgan fingerprint density at radius 2 is 1.96 bits per heavy atom. The van der Waals surface area contributed by atoms with Gasteiger partial charge in [-0.25, -0.2) is 4.79 Å². The van der Waals surface area contributed by atoms with E-state index in [9.17, 15) is 4.79 Å². The Morgan fingerprint density at radius 3 is 2.73 bits per heavy atom. The lowest BCUT2D eigenvalue weighted by Crippen LogP contribution is -2.19. The number of carbonyl (C=O) groups is 1. The van der Waals surface area contributed by atoms with Crippen molar-refractivity contribution in [2.75, 3.05) is 17.2 Å². The van der Waals surface area contributed by atoms with Crippen LogP contribution < -0.4 is 15.4 Å². The lowest BCUT2D eigenvalue weighted by Gasteiger charge is -2.07. The Labute approximate surface area is 151 Å². The number of ether oxygens (including phenoxy) is 1.